The van der Waals surface area contributed by atoms with E-state index >= 15 is 4.39 Å². The largest absolute Gasteiger partial charge is 0.369 e. The van der Waals surface area contributed by atoms with Crippen molar-refractivity contribution in [3.8, 4) is 11.1 Å². The van der Waals surface area contributed by atoms with E-state index in [-0.39, 0.29) is 11.7 Å². The Balaban J connectivity index is 1.37. The molecule has 38 heavy (non-hydrogen) atoms. The van der Waals surface area contributed by atoms with E-state index in [4.69, 9.17) is 4.98 Å². The molecule has 0 bridgehead atoms. The molecule has 1 fully saturated rings. The van der Waals surface area contributed by atoms with Gasteiger partial charge in [0.05, 0.1) is 11.2 Å². The van der Waals surface area contributed by atoms with Gasteiger partial charge in [-0.05, 0) is 54.9 Å². The third kappa shape index (κ3) is 5.65. The minimum atomic E-state index is -0.346. The van der Waals surface area contributed by atoms with Gasteiger partial charge in [-0.2, -0.15) is 0 Å². The molecule has 2 N–H and O–H groups in total. The smallest absolute Gasteiger partial charge is 0.247 e. The molecule has 2 heterocycles. The molecule has 8 heteroatoms. The Morgan fingerprint density at radius 3 is 2.66 bits per heavy atom. The van der Waals surface area contributed by atoms with Gasteiger partial charge in [-0.25, -0.2) is 14.4 Å². The van der Waals surface area contributed by atoms with Crippen molar-refractivity contribution in [1.29, 1.82) is 0 Å². The standard InChI is InChI=1S/C30H31FN6O/c1-3-13-36-14-16-37(17-15-36)24-11-12-27(26(31)19-24)34-30-32-20-22-8-6-10-25(29(22)35-30)21-7-5-9-23(18-21)33-28(38)4-2/h4-12,18-20H,2-3,13-17H2,1H3,(H,33,38)(H,32,34,35). The maximum Gasteiger partial charge on any atom is 0.247 e. The van der Waals surface area contributed by atoms with Crippen molar-refractivity contribution in [2.45, 2.75) is 13.3 Å². The molecule has 194 valence electrons. The van der Waals surface area contributed by atoms with E-state index in [1.165, 1.54) is 6.08 Å². The van der Waals surface area contributed by atoms with Gasteiger partial charge in [-0.15, -0.1) is 0 Å². The number of anilines is 4. The van der Waals surface area contributed by atoms with Gasteiger partial charge in [0, 0.05) is 54.7 Å². The summed E-state index contributed by atoms with van der Waals surface area (Å²) in [4.78, 5) is 25.5. The monoisotopic (exact) mass is 510 g/mol. The van der Waals surface area contributed by atoms with Crippen LogP contribution < -0.4 is 15.5 Å². The third-order valence-corrected chi connectivity index (χ3v) is 6.71. The molecule has 7 nitrogen and oxygen atoms in total. The van der Waals surface area contributed by atoms with Crippen LogP contribution in [-0.2, 0) is 4.79 Å². The predicted octanol–water partition coefficient (Wildman–Crippen LogP) is 5.84. The lowest BCUT2D eigenvalue weighted by Gasteiger charge is -2.36. The first-order chi connectivity index (χ1) is 18.5. The number of carbonyl (C=O) groups is 1. The molecule has 0 atom stereocenters. The van der Waals surface area contributed by atoms with Crippen LogP contribution in [0.5, 0.6) is 0 Å². The molecule has 5 rings (SSSR count). The van der Waals surface area contributed by atoms with Crippen LogP contribution in [0.2, 0.25) is 0 Å². The first-order valence-electron chi connectivity index (χ1n) is 12.9. The number of piperazine rings is 1. The van der Waals surface area contributed by atoms with E-state index in [0.29, 0.717) is 17.3 Å². The molecular formula is C30H31FN6O. The van der Waals surface area contributed by atoms with E-state index in [1.807, 2.05) is 48.5 Å². The molecule has 0 saturated carbocycles. The van der Waals surface area contributed by atoms with Gasteiger partial charge < -0.3 is 15.5 Å². The normalized spacial score (nSPS) is 13.9. The van der Waals surface area contributed by atoms with E-state index in [1.54, 1.807) is 18.3 Å². The molecule has 1 amide bonds. The predicted molar refractivity (Wildman–Crippen MR) is 152 cm³/mol. The molecular weight excluding hydrogens is 479 g/mol. The Morgan fingerprint density at radius 2 is 1.89 bits per heavy atom. The molecule has 1 aliphatic heterocycles. The highest BCUT2D eigenvalue weighted by Gasteiger charge is 2.18. The topological polar surface area (TPSA) is 73.4 Å². The van der Waals surface area contributed by atoms with Gasteiger partial charge in [-0.1, -0.05) is 43.8 Å². The summed E-state index contributed by atoms with van der Waals surface area (Å²) in [5.74, 6) is -0.317. The summed E-state index contributed by atoms with van der Waals surface area (Å²) in [6.07, 6.45) is 4.10. The maximum absolute atomic E-state index is 15.1. The fraction of sp³-hybridized carbons (Fsp3) is 0.233. The first kappa shape index (κ1) is 25.4. The lowest BCUT2D eigenvalue weighted by molar-refractivity contribution is -0.111. The molecule has 1 aromatic heterocycles. The summed E-state index contributed by atoms with van der Waals surface area (Å²) >= 11 is 0. The van der Waals surface area contributed by atoms with E-state index in [0.717, 1.165) is 66.9 Å². The number of carbonyl (C=O) groups excluding carboxylic acids is 1. The second kappa shape index (κ2) is 11.4. The van der Waals surface area contributed by atoms with Crippen LogP contribution in [0.25, 0.3) is 22.0 Å². The van der Waals surface area contributed by atoms with Crippen molar-refractivity contribution in [3.63, 3.8) is 0 Å². The molecule has 1 saturated heterocycles. The summed E-state index contributed by atoms with van der Waals surface area (Å²) in [6.45, 7) is 10.6. The molecule has 4 aromatic rings. The number of rotatable bonds is 8. The minimum absolute atomic E-state index is 0.277. The Labute approximate surface area is 222 Å². The number of aromatic nitrogens is 2. The number of nitrogens with zero attached hydrogens (tertiary/aromatic N) is 4. The Hall–Kier alpha value is -4.30. The summed E-state index contributed by atoms with van der Waals surface area (Å²) in [5, 5.41) is 6.69. The number of fused-ring (bicyclic) bond motifs is 1. The van der Waals surface area contributed by atoms with Gasteiger partial charge in [0.2, 0.25) is 11.9 Å². The number of nitrogens with one attached hydrogen (secondary N) is 2. The van der Waals surface area contributed by atoms with Crippen molar-refractivity contribution < 1.29 is 9.18 Å². The Kier molecular flexibility index (Phi) is 7.60. The van der Waals surface area contributed by atoms with Gasteiger partial charge in [0.25, 0.3) is 0 Å². The Bertz CT molecular complexity index is 1460. The minimum Gasteiger partial charge on any atom is -0.369 e. The van der Waals surface area contributed by atoms with Gasteiger partial charge in [0.1, 0.15) is 5.82 Å². The highest BCUT2D eigenvalue weighted by molar-refractivity contribution is 6.00. The summed E-state index contributed by atoms with van der Waals surface area (Å²) in [6, 6.07) is 18.6. The van der Waals surface area contributed by atoms with E-state index in [2.05, 4.69) is 38.9 Å². The van der Waals surface area contributed by atoms with Crippen LogP contribution in [0.1, 0.15) is 13.3 Å². The average molecular weight is 511 g/mol. The van der Waals surface area contributed by atoms with Crippen molar-refractivity contribution >= 4 is 39.8 Å². The van der Waals surface area contributed by atoms with Gasteiger partial charge in [0.15, 0.2) is 0 Å². The number of para-hydroxylation sites is 1. The third-order valence-electron chi connectivity index (χ3n) is 6.71. The second-order valence-corrected chi connectivity index (χ2v) is 9.33. The van der Waals surface area contributed by atoms with Crippen LogP contribution >= 0.6 is 0 Å². The van der Waals surface area contributed by atoms with Crippen LogP contribution in [0.3, 0.4) is 0 Å². The molecule has 1 aliphatic rings. The van der Waals surface area contributed by atoms with E-state index < -0.39 is 0 Å². The molecule has 0 aliphatic carbocycles. The lowest BCUT2D eigenvalue weighted by Crippen LogP contribution is -2.46. The van der Waals surface area contributed by atoms with Crippen LogP contribution in [-0.4, -0.2) is 53.5 Å². The summed E-state index contributed by atoms with van der Waals surface area (Å²) in [7, 11) is 0. The fourth-order valence-corrected chi connectivity index (χ4v) is 4.78. The quantitative estimate of drug-likeness (QED) is 0.290. The zero-order valence-corrected chi connectivity index (χ0v) is 21.5. The van der Waals surface area contributed by atoms with Crippen LogP contribution in [0, 0.1) is 5.82 Å². The maximum atomic E-state index is 15.1. The van der Waals surface area contributed by atoms with Crippen LogP contribution in [0.4, 0.5) is 27.4 Å². The van der Waals surface area contributed by atoms with Crippen molar-refractivity contribution in [2.75, 3.05) is 48.3 Å². The second-order valence-electron chi connectivity index (χ2n) is 9.33. The van der Waals surface area contributed by atoms with Gasteiger partial charge in [-0.3, -0.25) is 9.69 Å². The summed E-state index contributed by atoms with van der Waals surface area (Å²) in [5.41, 5.74) is 4.35. The Morgan fingerprint density at radius 1 is 1.08 bits per heavy atom. The number of halogens is 1. The zero-order valence-electron chi connectivity index (χ0n) is 21.5. The first-order valence-corrected chi connectivity index (χ1v) is 12.9. The van der Waals surface area contributed by atoms with Crippen molar-refractivity contribution in [1.82, 2.24) is 14.9 Å². The van der Waals surface area contributed by atoms with Crippen molar-refractivity contribution in [2.24, 2.45) is 0 Å². The number of hydrogen-bond acceptors (Lipinski definition) is 6. The fourth-order valence-electron chi connectivity index (χ4n) is 4.78. The number of benzene rings is 3. The highest BCUT2D eigenvalue weighted by Crippen LogP contribution is 2.30. The zero-order chi connectivity index (χ0) is 26.5. The SMILES string of the molecule is C=CC(=O)Nc1cccc(-c2cccc3cnc(Nc4ccc(N5CCN(CCC)CC5)cc4F)nc23)c1. The van der Waals surface area contributed by atoms with Crippen LogP contribution in [0.15, 0.2) is 79.5 Å². The number of hydrogen-bond donors (Lipinski definition) is 2. The number of amides is 1. The molecule has 0 radical (unpaired) electrons. The summed E-state index contributed by atoms with van der Waals surface area (Å²) < 4.78 is 15.1. The van der Waals surface area contributed by atoms with Gasteiger partial charge >= 0.3 is 0 Å². The van der Waals surface area contributed by atoms with E-state index in [9.17, 15) is 4.79 Å². The molecule has 3 aromatic carbocycles. The lowest BCUT2D eigenvalue weighted by atomic mass is 10.0. The highest BCUT2D eigenvalue weighted by atomic mass is 19.1. The molecule has 0 spiro atoms. The molecule has 0 unspecified atom stereocenters. The van der Waals surface area contributed by atoms with Crippen molar-refractivity contribution in [3.05, 3.63) is 85.3 Å². The average Bonchev–Trinajstić information content (AvgIpc) is 2.94.